The minimum Gasteiger partial charge on any atom is -0.211 e. The molecule has 0 heterocycles. The van der Waals surface area contributed by atoms with Gasteiger partial charge in [0.15, 0.2) is 0 Å². The average Bonchev–Trinajstić information content (AvgIpc) is 2.47. The van der Waals surface area contributed by atoms with E-state index >= 15 is 0 Å². The van der Waals surface area contributed by atoms with Gasteiger partial charge in [0, 0.05) is 0 Å². The Labute approximate surface area is 140 Å². The summed E-state index contributed by atoms with van der Waals surface area (Å²) in [5.41, 5.74) is 0. The maximum absolute atomic E-state index is 9.65. The van der Waals surface area contributed by atoms with Gasteiger partial charge >= 0.3 is 0 Å². The van der Waals surface area contributed by atoms with Crippen molar-refractivity contribution in [2.24, 2.45) is 9.98 Å². The quantitative estimate of drug-likeness (QED) is 0.176. The van der Waals surface area contributed by atoms with Crippen molar-refractivity contribution in [1.29, 1.82) is 0 Å². The summed E-state index contributed by atoms with van der Waals surface area (Å²) in [6.45, 7) is 3.43. The molecular formula is C14H26Cl2N2O2Si. The lowest BCUT2D eigenvalue weighted by Gasteiger charge is -1.95. The second-order valence-electron chi connectivity index (χ2n) is 4.60. The molecule has 0 aliphatic carbocycles. The van der Waals surface area contributed by atoms with Crippen LogP contribution < -0.4 is 0 Å². The number of hydrogen-bond donors (Lipinski definition) is 0. The average molecular weight is 353 g/mol. The number of isocyanates is 2. The molecule has 4 nitrogen and oxygen atoms in total. The predicted octanol–water partition coefficient (Wildman–Crippen LogP) is 3.74. The molecule has 122 valence electrons. The number of alkyl halides is 2. The molecule has 0 bridgehead atoms. The molecule has 0 saturated carbocycles. The molecule has 0 rings (SSSR count). The van der Waals surface area contributed by atoms with Crippen LogP contribution in [-0.4, -0.2) is 39.2 Å². The highest BCUT2D eigenvalue weighted by molar-refractivity contribution is 6.68. The minimum atomic E-state index is -0.341. The number of nitrogens with zero attached hydrogens (tertiary/aromatic N) is 2. The molecule has 21 heavy (non-hydrogen) atoms. The molecule has 0 unspecified atom stereocenters. The third-order valence-electron chi connectivity index (χ3n) is 2.69. The Kier molecular flexibility index (Phi) is 23.8. The van der Waals surface area contributed by atoms with Gasteiger partial charge in [-0.05, 0) is 12.8 Å². The minimum absolute atomic E-state index is 0.153. The van der Waals surface area contributed by atoms with Gasteiger partial charge < -0.3 is 0 Å². The van der Waals surface area contributed by atoms with Gasteiger partial charge in [0.05, 0.1) is 27.1 Å². The van der Waals surface area contributed by atoms with E-state index in [1.165, 1.54) is 38.2 Å². The van der Waals surface area contributed by atoms with Crippen LogP contribution in [0.1, 0.15) is 51.9 Å². The Balaban J connectivity index is 0. The van der Waals surface area contributed by atoms with Gasteiger partial charge in [0.1, 0.15) is 0 Å². The topological polar surface area (TPSA) is 58.9 Å². The lowest BCUT2D eigenvalue weighted by Crippen LogP contribution is -2.00. The highest BCUT2D eigenvalue weighted by Crippen LogP contribution is 2.04. The molecule has 0 N–H and O–H groups in total. The van der Waals surface area contributed by atoms with Crippen molar-refractivity contribution in [2.75, 3.05) is 13.1 Å². The maximum atomic E-state index is 9.65. The Bertz CT molecular complexity index is 305. The van der Waals surface area contributed by atoms with E-state index in [9.17, 15) is 9.59 Å². The van der Waals surface area contributed by atoms with E-state index in [1.54, 1.807) is 6.08 Å². The van der Waals surface area contributed by atoms with Crippen LogP contribution >= 0.6 is 23.2 Å². The first kappa shape index (κ1) is 22.8. The second kappa shape index (κ2) is 21.8. The normalized spacial score (nSPS) is 9.90. The van der Waals surface area contributed by atoms with Gasteiger partial charge in [-0.3, -0.25) is 0 Å². The zero-order chi connectivity index (χ0) is 16.2. The van der Waals surface area contributed by atoms with Gasteiger partial charge in [0.2, 0.25) is 12.2 Å². The standard InChI is InChI=1S/C9H17NO.C5H9Cl2NOSi/c1-2-3-4-5-6-7-8-10-9-11;6-5(7)10-3-1-2-8-4-9/h2-8H2,1H3;5H,1-3,10H2. The van der Waals surface area contributed by atoms with Crippen molar-refractivity contribution in [3.8, 4) is 0 Å². The largest absolute Gasteiger partial charge is 0.234 e. The van der Waals surface area contributed by atoms with E-state index in [1.807, 2.05) is 0 Å². The molecule has 0 atom stereocenters. The summed E-state index contributed by atoms with van der Waals surface area (Å²) in [6.07, 6.45) is 11.4. The molecule has 0 aromatic rings. The van der Waals surface area contributed by atoms with Gasteiger partial charge in [-0.1, -0.05) is 45.1 Å². The fourth-order valence-corrected chi connectivity index (χ4v) is 3.30. The molecule has 0 radical (unpaired) electrons. The highest BCUT2D eigenvalue weighted by atomic mass is 35.5. The Hall–Kier alpha value is -0.443. The van der Waals surface area contributed by atoms with Crippen LogP contribution in [0.15, 0.2) is 9.98 Å². The molecule has 0 aromatic heterocycles. The van der Waals surface area contributed by atoms with E-state index in [-0.39, 0.29) is 14.0 Å². The number of halogens is 2. The van der Waals surface area contributed by atoms with Gasteiger partial charge in [0.25, 0.3) is 0 Å². The van der Waals surface area contributed by atoms with E-state index in [0.29, 0.717) is 13.1 Å². The molecule has 0 aliphatic rings. The van der Waals surface area contributed by atoms with Gasteiger partial charge in [-0.15, -0.1) is 23.2 Å². The molecule has 0 spiro atoms. The molecule has 0 aliphatic heterocycles. The number of unbranched alkanes of at least 4 members (excludes halogenated alkanes) is 5. The molecule has 0 aromatic carbocycles. The molecule has 0 saturated heterocycles. The second-order valence-corrected chi connectivity index (χ2v) is 9.01. The zero-order valence-corrected chi connectivity index (χ0v) is 15.7. The Morgan fingerprint density at radius 2 is 1.43 bits per heavy atom. The number of rotatable bonds is 12. The van der Waals surface area contributed by atoms with Gasteiger partial charge in [-0.25, -0.2) is 19.6 Å². The van der Waals surface area contributed by atoms with Crippen LogP contribution in [0, 0.1) is 0 Å². The summed E-state index contributed by atoms with van der Waals surface area (Å²) in [6, 6.07) is 1.04. The van der Waals surface area contributed by atoms with Crippen molar-refractivity contribution in [1.82, 2.24) is 0 Å². The van der Waals surface area contributed by atoms with Crippen LogP contribution in [0.3, 0.4) is 0 Å². The van der Waals surface area contributed by atoms with Crippen molar-refractivity contribution in [3.05, 3.63) is 0 Å². The summed E-state index contributed by atoms with van der Waals surface area (Å²) in [4.78, 5) is 26.1. The SMILES string of the molecule is CCCCCCCCN=C=O.O=C=NCCC[SiH2]C(Cl)Cl. The lowest BCUT2D eigenvalue weighted by atomic mass is 10.1. The zero-order valence-electron chi connectivity index (χ0n) is 12.8. The molecule has 7 heteroatoms. The summed E-state index contributed by atoms with van der Waals surface area (Å²) < 4.78 is -0.153. The van der Waals surface area contributed by atoms with E-state index in [2.05, 4.69) is 16.9 Å². The third-order valence-corrected chi connectivity index (χ3v) is 5.35. The van der Waals surface area contributed by atoms with Crippen LogP contribution in [0.4, 0.5) is 0 Å². The first-order valence-electron chi connectivity index (χ1n) is 7.54. The van der Waals surface area contributed by atoms with E-state index in [4.69, 9.17) is 23.2 Å². The van der Waals surface area contributed by atoms with Crippen molar-refractivity contribution in [3.63, 3.8) is 0 Å². The summed E-state index contributed by atoms with van der Waals surface area (Å²) in [7, 11) is -0.341. The smallest absolute Gasteiger partial charge is 0.211 e. The molecule has 0 fully saturated rings. The lowest BCUT2D eigenvalue weighted by molar-refractivity contribution is 0.560. The summed E-state index contributed by atoms with van der Waals surface area (Å²) in [5.74, 6) is 0. The maximum Gasteiger partial charge on any atom is 0.234 e. The van der Waals surface area contributed by atoms with Crippen molar-refractivity contribution < 1.29 is 9.59 Å². The number of carbonyl (C=O) groups excluding carboxylic acids is 2. The molecular weight excluding hydrogens is 327 g/mol. The Morgan fingerprint density at radius 3 is 1.95 bits per heavy atom. The van der Waals surface area contributed by atoms with Gasteiger partial charge in [-0.2, -0.15) is 0 Å². The Morgan fingerprint density at radius 1 is 0.905 bits per heavy atom. The first-order valence-corrected chi connectivity index (χ1v) is 10.2. The highest BCUT2D eigenvalue weighted by Gasteiger charge is 1.97. The van der Waals surface area contributed by atoms with Crippen molar-refractivity contribution in [2.45, 2.75) is 62.4 Å². The molecule has 0 amide bonds. The first-order chi connectivity index (χ1) is 10.2. The number of aliphatic imine (C=N–C) groups is 2. The van der Waals surface area contributed by atoms with E-state index in [0.717, 1.165) is 18.9 Å². The monoisotopic (exact) mass is 352 g/mol. The van der Waals surface area contributed by atoms with Crippen LogP contribution in [0.5, 0.6) is 0 Å². The predicted molar refractivity (Wildman–Crippen MR) is 92.8 cm³/mol. The van der Waals surface area contributed by atoms with Crippen LogP contribution in [-0.2, 0) is 9.59 Å². The summed E-state index contributed by atoms with van der Waals surface area (Å²) in [5, 5.41) is 0. The van der Waals surface area contributed by atoms with E-state index < -0.39 is 0 Å². The number of hydrogen-bond acceptors (Lipinski definition) is 4. The van der Waals surface area contributed by atoms with Crippen LogP contribution in [0.2, 0.25) is 6.04 Å². The fourth-order valence-electron chi connectivity index (χ4n) is 1.55. The van der Waals surface area contributed by atoms with Crippen molar-refractivity contribution >= 4 is 44.9 Å². The van der Waals surface area contributed by atoms with Crippen LogP contribution in [0.25, 0.3) is 0 Å². The fraction of sp³-hybridized carbons (Fsp3) is 0.857. The summed E-state index contributed by atoms with van der Waals surface area (Å²) >= 11 is 11.0. The third kappa shape index (κ3) is 28.4.